The number of nitrogens with two attached hydrogens (primary N) is 1. The Kier molecular flexibility index (Phi) is 1.60. The summed E-state index contributed by atoms with van der Waals surface area (Å²) in [6.45, 7) is 1.62. The number of carbonyl (C=O) groups excluding carboxylic acids is 1. The number of hydrogen-bond acceptors (Lipinski definition) is 2. The zero-order valence-corrected chi connectivity index (χ0v) is 7.10. The minimum atomic E-state index is -0.658. The van der Waals surface area contributed by atoms with Crippen molar-refractivity contribution in [1.82, 2.24) is 0 Å². The number of benzene rings is 1. The van der Waals surface area contributed by atoms with Gasteiger partial charge in [0.05, 0.1) is 5.69 Å². The van der Waals surface area contributed by atoms with Gasteiger partial charge in [0.1, 0.15) is 11.9 Å². The van der Waals surface area contributed by atoms with Gasteiger partial charge in [0, 0.05) is 11.1 Å². The Morgan fingerprint density at radius 2 is 2.23 bits per heavy atom. The molecule has 0 spiro atoms. The smallest absolute Gasteiger partial charge is 0.245 e. The van der Waals surface area contributed by atoms with Gasteiger partial charge in [0.2, 0.25) is 5.91 Å². The molecule has 68 valence electrons. The highest BCUT2D eigenvalue weighted by molar-refractivity contribution is 6.03. The van der Waals surface area contributed by atoms with Crippen LogP contribution in [0.25, 0.3) is 0 Å². The van der Waals surface area contributed by atoms with Gasteiger partial charge >= 0.3 is 0 Å². The molecule has 0 aliphatic carbocycles. The molecule has 1 aliphatic heterocycles. The second-order valence-corrected chi connectivity index (χ2v) is 3.10. The number of hydrogen-bond donors (Lipinski definition) is 2. The first-order valence-electron chi connectivity index (χ1n) is 3.96. The van der Waals surface area contributed by atoms with E-state index in [0.29, 0.717) is 16.8 Å². The summed E-state index contributed by atoms with van der Waals surface area (Å²) in [4.78, 5) is 11.1. The molecule has 13 heavy (non-hydrogen) atoms. The van der Waals surface area contributed by atoms with Crippen LogP contribution in [0.15, 0.2) is 12.1 Å². The predicted octanol–water partition coefficient (Wildman–Crippen LogP) is 1.09. The third-order valence-electron chi connectivity index (χ3n) is 2.30. The molecule has 1 unspecified atom stereocenters. The summed E-state index contributed by atoms with van der Waals surface area (Å²) in [5.74, 6) is -0.600. The van der Waals surface area contributed by atoms with Gasteiger partial charge in [-0.05, 0) is 13.0 Å². The molecular weight excluding hydrogens is 171 g/mol. The monoisotopic (exact) mass is 180 g/mol. The van der Waals surface area contributed by atoms with Crippen LogP contribution in [-0.4, -0.2) is 5.91 Å². The van der Waals surface area contributed by atoms with Crippen molar-refractivity contribution < 1.29 is 9.18 Å². The van der Waals surface area contributed by atoms with Gasteiger partial charge in [-0.2, -0.15) is 0 Å². The van der Waals surface area contributed by atoms with Crippen molar-refractivity contribution >= 4 is 11.6 Å². The number of anilines is 1. The van der Waals surface area contributed by atoms with E-state index in [9.17, 15) is 9.18 Å². The molecule has 0 saturated heterocycles. The first-order chi connectivity index (χ1) is 6.11. The fraction of sp³-hybridized carbons (Fsp3) is 0.222. The Bertz CT molecular complexity index is 389. The van der Waals surface area contributed by atoms with Gasteiger partial charge in [-0.25, -0.2) is 4.39 Å². The summed E-state index contributed by atoms with van der Waals surface area (Å²) < 4.78 is 13.0. The van der Waals surface area contributed by atoms with E-state index in [4.69, 9.17) is 5.73 Å². The Labute approximate surface area is 74.7 Å². The van der Waals surface area contributed by atoms with E-state index in [0.717, 1.165) is 0 Å². The van der Waals surface area contributed by atoms with Gasteiger partial charge in [-0.3, -0.25) is 4.79 Å². The molecule has 1 amide bonds. The summed E-state index contributed by atoms with van der Waals surface area (Å²) in [6.07, 6.45) is 0. The first-order valence-corrected chi connectivity index (χ1v) is 3.96. The van der Waals surface area contributed by atoms with Crippen LogP contribution in [0.1, 0.15) is 17.2 Å². The standard InChI is InChI=1S/C9H9FN2O/c1-4-6(10)3-2-5-7(11)9(13)12-8(4)5/h2-3,7H,11H2,1H3,(H,12,13). The molecule has 1 aromatic rings. The fourth-order valence-electron chi connectivity index (χ4n) is 1.47. The van der Waals surface area contributed by atoms with Crippen molar-refractivity contribution in [3.8, 4) is 0 Å². The van der Waals surface area contributed by atoms with Gasteiger partial charge in [0.25, 0.3) is 0 Å². The molecule has 1 heterocycles. The second kappa shape index (κ2) is 2.53. The molecule has 0 fully saturated rings. The zero-order chi connectivity index (χ0) is 9.59. The number of amides is 1. The Morgan fingerprint density at radius 1 is 1.54 bits per heavy atom. The molecule has 0 radical (unpaired) electrons. The molecule has 4 heteroatoms. The van der Waals surface area contributed by atoms with Crippen LogP contribution in [0, 0.1) is 12.7 Å². The maximum absolute atomic E-state index is 13.0. The fourth-order valence-corrected chi connectivity index (χ4v) is 1.47. The maximum atomic E-state index is 13.0. The van der Waals surface area contributed by atoms with Crippen LogP contribution in [-0.2, 0) is 4.79 Å². The molecule has 1 aromatic carbocycles. The van der Waals surface area contributed by atoms with E-state index in [-0.39, 0.29) is 11.7 Å². The van der Waals surface area contributed by atoms with Crippen molar-refractivity contribution in [3.05, 3.63) is 29.1 Å². The number of nitrogens with one attached hydrogen (secondary N) is 1. The Balaban J connectivity index is 2.64. The van der Waals surface area contributed by atoms with Crippen LogP contribution in [0.4, 0.5) is 10.1 Å². The maximum Gasteiger partial charge on any atom is 0.245 e. The van der Waals surface area contributed by atoms with E-state index in [1.807, 2.05) is 0 Å². The van der Waals surface area contributed by atoms with Gasteiger partial charge in [0.15, 0.2) is 0 Å². The van der Waals surface area contributed by atoms with Crippen LogP contribution in [0.5, 0.6) is 0 Å². The van der Waals surface area contributed by atoms with Crippen LogP contribution >= 0.6 is 0 Å². The number of halogens is 1. The molecule has 0 saturated carbocycles. The molecule has 1 aliphatic rings. The lowest BCUT2D eigenvalue weighted by Gasteiger charge is -2.04. The van der Waals surface area contributed by atoms with Crippen molar-refractivity contribution in [2.75, 3.05) is 5.32 Å². The van der Waals surface area contributed by atoms with E-state index >= 15 is 0 Å². The third kappa shape index (κ3) is 1.02. The molecule has 3 N–H and O–H groups in total. The normalized spacial score (nSPS) is 19.9. The molecule has 3 nitrogen and oxygen atoms in total. The third-order valence-corrected chi connectivity index (χ3v) is 2.30. The average molecular weight is 180 g/mol. The lowest BCUT2D eigenvalue weighted by molar-refractivity contribution is -0.116. The van der Waals surface area contributed by atoms with Gasteiger partial charge in [-0.1, -0.05) is 6.07 Å². The number of rotatable bonds is 0. The largest absolute Gasteiger partial charge is 0.324 e. The highest BCUT2D eigenvalue weighted by Gasteiger charge is 2.28. The van der Waals surface area contributed by atoms with E-state index in [1.165, 1.54) is 6.07 Å². The minimum Gasteiger partial charge on any atom is -0.324 e. The van der Waals surface area contributed by atoms with E-state index in [2.05, 4.69) is 5.32 Å². The number of carbonyl (C=O) groups is 1. The summed E-state index contributed by atoms with van der Waals surface area (Å²) in [5, 5.41) is 2.55. The van der Waals surface area contributed by atoms with Crippen LogP contribution in [0.3, 0.4) is 0 Å². The molecule has 2 rings (SSSR count). The predicted molar refractivity (Wildman–Crippen MR) is 46.7 cm³/mol. The van der Waals surface area contributed by atoms with Crippen LogP contribution < -0.4 is 11.1 Å². The average Bonchev–Trinajstić information content (AvgIpc) is 2.38. The van der Waals surface area contributed by atoms with Gasteiger partial charge < -0.3 is 11.1 Å². The Morgan fingerprint density at radius 3 is 2.92 bits per heavy atom. The lowest BCUT2D eigenvalue weighted by atomic mass is 10.1. The Hall–Kier alpha value is -1.42. The SMILES string of the molecule is Cc1c(F)ccc2c1NC(=O)C2N. The molecule has 0 bridgehead atoms. The highest BCUT2D eigenvalue weighted by Crippen LogP contribution is 2.32. The minimum absolute atomic E-state index is 0.274. The van der Waals surface area contributed by atoms with Gasteiger partial charge in [-0.15, -0.1) is 0 Å². The highest BCUT2D eigenvalue weighted by atomic mass is 19.1. The topological polar surface area (TPSA) is 55.1 Å². The summed E-state index contributed by atoms with van der Waals surface area (Å²) in [7, 11) is 0. The molecular formula is C9H9FN2O. The summed E-state index contributed by atoms with van der Waals surface area (Å²) in [6, 6.07) is 2.21. The molecule has 0 aromatic heterocycles. The molecule has 1 atom stereocenters. The van der Waals surface area contributed by atoms with E-state index in [1.54, 1.807) is 13.0 Å². The summed E-state index contributed by atoms with van der Waals surface area (Å²) in [5.41, 5.74) is 7.21. The van der Waals surface area contributed by atoms with Crippen molar-refractivity contribution in [1.29, 1.82) is 0 Å². The summed E-state index contributed by atoms with van der Waals surface area (Å²) >= 11 is 0. The van der Waals surface area contributed by atoms with Crippen molar-refractivity contribution in [2.45, 2.75) is 13.0 Å². The quantitative estimate of drug-likeness (QED) is 0.627. The van der Waals surface area contributed by atoms with E-state index < -0.39 is 6.04 Å². The van der Waals surface area contributed by atoms with Crippen molar-refractivity contribution in [2.24, 2.45) is 5.73 Å². The number of fused-ring (bicyclic) bond motifs is 1. The van der Waals surface area contributed by atoms with Crippen molar-refractivity contribution in [3.63, 3.8) is 0 Å². The lowest BCUT2D eigenvalue weighted by Crippen LogP contribution is -2.19. The van der Waals surface area contributed by atoms with Crippen LogP contribution in [0.2, 0.25) is 0 Å². The second-order valence-electron chi connectivity index (χ2n) is 3.10. The first kappa shape index (κ1) is 8.19. The zero-order valence-electron chi connectivity index (χ0n) is 7.10.